The second-order valence-corrected chi connectivity index (χ2v) is 9.66. The van der Waals surface area contributed by atoms with Crippen molar-refractivity contribution in [2.24, 2.45) is 13.0 Å². The number of aryl methyl sites for hydroxylation is 1. The van der Waals surface area contributed by atoms with Gasteiger partial charge in [-0.15, -0.1) is 0 Å². The van der Waals surface area contributed by atoms with Crippen molar-refractivity contribution in [1.29, 1.82) is 0 Å². The Kier molecular flexibility index (Phi) is 6.73. The van der Waals surface area contributed by atoms with Crippen molar-refractivity contribution in [3.63, 3.8) is 0 Å². The Bertz CT molecular complexity index is 1590. The molecule has 0 aliphatic carbocycles. The summed E-state index contributed by atoms with van der Waals surface area (Å²) in [6.07, 6.45) is 5.56. The lowest BCUT2D eigenvalue weighted by atomic mass is 10.1. The van der Waals surface area contributed by atoms with Gasteiger partial charge in [0.15, 0.2) is 0 Å². The minimum Gasteiger partial charge on any atom is -0.309 e. The van der Waals surface area contributed by atoms with Crippen LogP contribution in [-0.4, -0.2) is 9.13 Å². The number of rotatable bonds is 4. The molecule has 0 bridgehead atoms. The average molecular weight is 473 g/mol. The predicted octanol–water partition coefficient (Wildman–Crippen LogP) is 8.12. The van der Waals surface area contributed by atoms with E-state index in [1.165, 1.54) is 39.5 Å². The number of aromatic nitrogens is 3. The van der Waals surface area contributed by atoms with Gasteiger partial charge in [-0.2, -0.15) is 4.57 Å². The van der Waals surface area contributed by atoms with E-state index in [9.17, 15) is 0 Å². The summed E-state index contributed by atoms with van der Waals surface area (Å²) >= 11 is 0. The maximum absolute atomic E-state index is 2.35. The molecular formula is C33H34N3+. The van der Waals surface area contributed by atoms with Gasteiger partial charge in [-0.3, -0.25) is 0 Å². The fourth-order valence-electron chi connectivity index (χ4n) is 4.58. The smallest absolute Gasteiger partial charge is 0.293 e. The summed E-state index contributed by atoms with van der Waals surface area (Å²) in [5.41, 5.74) is 5.97. The monoisotopic (exact) mass is 472 g/mol. The summed E-state index contributed by atoms with van der Waals surface area (Å²) in [6, 6.07) is 36.5. The van der Waals surface area contributed by atoms with Gasteiger partial charge in [0.2, 0.25) is 0 Å². The molecule has 3 heteroatoms. The fourth-order valence-corrected chi connectivity index (χ4v) is 4.58. The number of nitrogens with zero attached hydrogens (tertiary/aromatic N) is 3. The maximum Gasteiger partial charge on any atom is 0.293 e. The summed E-state index contributed by atoms with van der Waals surface area (Å²) in [5.74, 6) is 2.04. The number of imidazole rings is 1. The predicted molar refractivity (Wildman–Crippen MR) is 152 cm³/mol. The molecule has 0 N–H and O–H groups in total. The van der Waals surface area contributed by atoms with Gasteiger partial charge in [0.05, 0.1) is 23.6 Å². The van der Waals surface area contributed by atoms with Crippen LogP contribution in [0.3, 0.4) is 0 Å². The summed E-state index contributed by atoms with van der Waals surface area (Å²) in [6.45, 7) is 6.64. The van der Waals surface area contributed by atoms with E-state index in [1.807, 2.05) is 0 Å². The van der Waals surface area contributed by atoms with E-state index in [0.717, 1.165) is 17.4 Å². The number of para-hydroxylation sites is 2. The molecule has 36 heavy (non-hydrogen) atoms. The molecule has 0 saturated heterocycles. The summed E-state index contributed by atoms with van der Waals surface area (Å²) < 4.78 is 6.79. The Hall–Kier alpha value is -4.11. The summed E-state index contributed by atoms with van der Waals surface area (Å²) in [4.78, 5) is 0. The molecule has 6 aromatic rings. The molecule has 3 nitrogen and oxygen atoms in total. The van der Waals surface area contributed by atoms with Crippen molar-refractivity contribution in [2.45, 2.75) is 27.2 Å². The van der Waals surface area contributed by atoms with E-state index in [0.29, 0.717) is 0 Å². The fraction of sp³-hybridized carbons (Fsp3) is 0.182. The molecule has 180 valence electrons. The topological polar surface area (TPSA) is 13.7 Å². The normalized spacial score (nSPS) is 11.1. The molecule has 0 spiro atoms. The highest BCUT2D eigenvalue weighted by atomic mass is 15.1. The van der Waals surface area contributed by atoms with Crippen LogP contribution in [0.15, 0.2) is 116 Å². The minimum atomic E-state index is 0.884. The highest BCUT2D eigenvalue weighted by Gasteiger charge is 2.20. The van der Waals surface area contributed by atoms with Crippen LogP contribution in [0.25, 0.3) is 44.6 Å². The Morgan fingerprint density at radius 2 is 1.31 bits per heavy atom. The zero-order chi connectivity index (χ0) is 25.1. The Morgan fingerprint density at radius 1 is 0.694 bits per heavy atom. The van der Waals surface area contributed by atoms with Crippen molar-refractivity contribution in [3.8, 4) is 22.8 Å². The number of benzene rings is 4. The van der Waals surface area contributed by atoms with E-state index in [2.05, 4.69) is 157 Å². The Labute approximate surface area is 213 Å². The van der Waals surface area contributed by atoms with Crippen molar-refractivity contribution in [1.82, 2.24) is 9.13 Å². The lowest BCUT2D eigenvalue weighted by Gasteiger charge is -2.08. The first kappa shape index (κ1) is 23.6. The first-order valence-electron chi connectivity index (χ1n) is 12.8. The minimum absolute atomic E-state index is 0.884. The van der Waals surface area contributed by atoms with E-state index in [4.69, 9.17) is 0 Å². The van der Waals surface area contributed by atoms with Gasteiger partial charge in [-0.25, -0.2) is 4.57 Å². The third kappa shape index (κ3) is 4.45. The molecule has 0 aliphatic heterocycles. The number of fused-ring (bicyclic) bond motifs is 3. The van der Waals surface area contributed by atoms with Gasteiger partial charge in [0.1, 0.15) is 18.1 Å². The largest absolute Gasteiger partial charge is 0.309 e. The van der Waals surface area contributed by atoms with Gasteiger partial charge in [-0.05, 0) is 54.4 Å². The molecule has 0 atom stereocenters. The average Bonchev–Trinajstić information content (AvgIpc) is 3.47. The van der Waals surface area contributed by atoms with Gasteiger partial charge in [0, 0.05) is 16.5 Å². The van der Waals surface area contributed by atoms with Crippen molar-refractivity contribution >= 4 is 21.8 Å². The van der Waals surface area contributed by atoms with Gasteiger partial charge >= 0.3 is 0 Å². The molecule has 0 unspecified atom stereocenters. The van der Waals surface area contributed by atoms with E-state index >= 15 is 0 Å². The van der Waals surface area contributed by atoms with Crippen molar-refractivity contribution in [3.05, 3.63) is 116 Å². The number of hydrogen-bond acceptors (Lipinski definition) is 0. The van der Waals surface area contributed by atoms with E-state index in [-0.39, 0.29) is 0 Å². The van der Waals surface area contributed by atoms with Crippen LogP contribution in [0.1, 0.15) is 27.2 Å². The standard InChI is InChI=1S/C28H22N3.C5H12/c1-29-18-19-30(28(29)21-10-4-2-5-11-21)23-16-17-27-25(20-23)24-14-8-9-15-26(24)31(27)22-12-6-3-7-13-22;1-4-5(2)3/h2-20H,1H3;5H,4H2,1-3H3/q+1;. The van der Waals surface area contributed by atoms with Gasteiger partial charge in [0.25, 0.3) is 5.82 Å². The van der Waals surface area contributed by atoms with Crippen molar-refractivity contribution < 1.29 is 4.57 Å². The van der Waals surface area contributed by atoms with Gasteiger partial charge < -0.3 is 4.57 Å². The van der Waals surface area contributed by atoms with Crippen LogP contribution in [0, 0.1) is 5.92 Å². The Balaban J connectivity index is 0.000000489. The molecule has 0 radical (unpaired) electrons. The maximum atomic E-state index is 2.35. The van der Waals surface area contributed by atoms with Crippen LogP contribution in [0.4, 0.5) is 0 Å². The second-order valence-electron chi connectivity index (χ2n) is 9.66. The highest BCUT2D eigenvalue weighted by molar-refractivity contribution is 6.09. The molecule has 0 fully saturated rings. The molecule has 0 amide bonds. The highest BCUT2D eigenvalue weighted by Crippen LogP contribution is 2.33. The molecule has 2 heterocycles. The van der Waals surface area contributed by atoms with E-state index in [1.54, 1.807) is 0 Å². The zero-order valence-electron chi connectivity index (χ0n) is 21.6. The SMILES string of the molecule is CCC(C)C.C[n+]1ccn(-c2ccc3c(c2)c2ccccc2n3-c2ccccc2)c1-c1ccccc1. The van der Waals surface area contributed by atoms with Crippen LogP contribution < -0.4 is 4.57 Å². The van der Waals surface area contributed by atoms with Crippen LogP contribution in [0.5, 0.6) is 0 Å². The van der Waals surface area contributed by atoms with Crippen LogP contribution >= 0.6 is 0 Å². The van der Waals surface area contributed by atoms with Gasteiger partial charge in [-0.1, -0.05) is 81.8 Å². The lowest BCUT2D eigenvalue weighted by Crippen LogP contribution is -2.28. The molecule has 4 aromatic carbocycles. The molecular weight excluding hydrogens is 438 g/mol. The first-order valence-corrected chi connectivity index (χ1v) is 12.8. The quantitative estimate of drug-likeness (QED) is 0.230. The van der Waals surface area contributed by atoms with Crippen molar-refractivity contribution in [2.75, 3.05) is 0 Å². The molecule has 2 aromatic heterocycles. The molecule has 6 rings (SSSR count). The zero-order valence-corrected chi connectivity index (χ0v) is 21.6. The third-order valence-electron chi connectivity index (χ3n) is 6.80. The number of hydrogen-bond donors (Lipinski definition) is 0. The molecule has 0 aliphatic rings. The summed E-state index contributed by atoms with van der Waals surface area (Å²) in [5, 5.41) is 2.52. The van der Waals surface area contributed by atoms with Crippen LogP contribution in [-0.2, 0) is 7.05 Å². The lowest BCUT2D eigenvalue weighted by molar-refractivity contribution is -0.659. The van der Waals surface area contributed by atoms with Crippen LogP contribution in [0.2, 0.25) is 0 Å². The third-order valence-corrected chi connectivity index (χ3v) is 6.80. The second kappa shape index (κ2) is 10.2. The Morgan fingerprint density at radius 3 is 2.00 bits per heavy atom. The summed E-state index contributed by atoms with van der Waals surface area (Å²) in [7, 11) is 2.10. The first-order chi connectivity index (χ1) is 17.6. The molecule has 0 saturated carbocycles. The van der Waals surface area contributed by atoms with E-state index < -0.39 is 0 Å².